The van der Waals surface area contributed by atoms with Crippen LogP contribution in [-0.2, 0) is 19.4 Å². The van der Waals surface area contributed by atoms with Gasteiger partial charge in [-0.05, 0) is 36.6 Å². The number of aryl methyl sites for hydroxylation is 1. The van der Waals surface area contributed by atoms with Crippen LogP contribution >= 0.6 is 11.8 Å². The molecule has 0 fully saturated rings. The number of rotatable bonds is 7. The van der Waals surface area contributed by atoms with E-state index in [9.17, 15) is 5.26 Å². The van der Waals surface area contributed by atoms with E-state index in [1.54, 1.807) is 6.20 Å². The van der Waals surface area contributed by atoms with Gasteiger partial charge in [0, 0.05) is 38.6 Å². The van der Waals surface area contributed by atoms with Crippen LogP contribution in [0.5, 0.6) is 0 Å². The van der Waals surface area contributed by atoms with Crippen molar-refractivity contribution in [1.82, 2.24) is 19.5 Å². The van der Waals surface area contributed by atoms with E-state index in [-0.39, 0.29) is 0 Å². The first-order valence-electron chi connectivity index (χ1n) is 10.2. The summed E-state index contributed by atoms with van der Waals surface area (Å²) in [5.41, 5.74) is 3.30. The Morgan fingerprint density at radius 3 is 2.57 bits per heavy atom. The van der Waals surface area contributed by atoms with Gasteiger partial charge in [0.1, 0.15) is 11.6 Å². The van der Waals surface area contributed by atoms with Crippen molar-refractivity contribution in [3.8, 4) is 6.07 Å². The Bertz CT molecular complexity index is 999. The molecule has 0 bridgehead atoms. The molecule has 154 valence electrons. The Balaban J connectivity index is 1.52. The van der Waals surface area contributed by atoms with Gasteiger partial charge < -0.3 is 14.8 Å². The zero-order valence-electron chi connectivity index (χ0n) is 17.1. The lowest BCUT2D eigenvalue weighted by atomic mass is 10.0. The Labute approximate surface area is 181 Å². The molecule has 4 rings (SSSR count). The van der Waals surface area contributed by atoms with Crippen molar-refractivity contribution < 1.29 is 0 Å². The fraction of sp³-hybridized carbons (Fsp3) is 0.364. The summed E-state index contributed by atoms with van der Waals surface area (Å²) in [7, 11) is 0. The van der Waals surface area contributed by atoms with Crippen molar-refractivity contribution in [3.63, 3.8) is 0 Å². The lowest BCUT2D eigenvalue weighted by molar-refractivity contribution is 0.659. The van der Waals surface area contributed by atoms with Gasteiger partial charge in [-0.1, -0.05) is 36.0 Å². The van der Waals surface area contributed by atoms with E-state index in [2.05, 4.69) is 50.5 Å². The second kappa shape index (κ2) is 9.63. The third-order valence-electron chi connectivity index (χ3n) is 5.33. The monoisotopic (exact) mass is 419 g/mol. The van der Waals surface area contributed by atoms with E-state index >= 15 is 0 Å². The molecule has 0 aliphatic carbocycles. The fourth-order valence-corrected chi connectivity index (χ4v) is 4.11. The number of imidazole rings is 1. The molecule has 0 atom stereocenters. The topological polar surface area (TPSA) is 82.7 Å². The summed E-state index contributed by atoms with van der Waals surface area (Å²) in [5.74, 6) is 1.36. The second-order valence-electron chi connectivity index (χ2n) is 7.21. The van der Waals surface area contributed by atoms with E-state index in [4.69, 9.17) is 4.98 Å². The molecule has 2 aromatic heterocycles. The highest BCUT2D eigenvalue weighted by Crippen LogP contribution is 2.28. The Hall–Kier alpha value is -3.05. The third-order valence-corrected chi connectivity index (χ3v) is 5.88. The number of hydrogen-bond donors (Lipinski definition) is 1. The number of aromatic nitrogens is 4. The highest BCUT2D eigenvalue weighted by Gasteiger charge is 2.22. The summed E-state index contributed by atoms with van der Waals surface area (Å²) in [6, 6.07) is 10.9. The number of nitriles is 1. The van der Waals surface area contributed by atoms with E-state index < -0.39 is 0 Å². The van der Waals surface area contributed by atoms with Crippen molar-refractivity contribution in [2.45, 2.75) is 31.0 Å². The molecule has 0 radical (unpaired) electrons. The lowest BCUT2D eigenvalue weighted by Gasteiger charge is -2.24. The fourth-order valence-electron chi connectivity index (χ4n) is 3.75. The molecule has 1 aromatic carbocycles. The summed E-state index contributed by atoms with van der Waals surface area (Å²) in [4.78, 5) is 15.6. The molecule has 3 heterocycles. The Morgan fingerprint density at radius 1 is 1.17 bits per heavy atom. The second-order valence-corrected chi connectivity index (χ2v) is 7.98. The molecule has 0 unspecified atom stereocenters. The molecule has 0 saturated heterocycles. The normalized spacial score (nSPS) is 13.4. The maximum Gasteiger partial charge on any atom is 0.191 e. The molecule has 8 heteroatoms. The quantitative estimate of drug-likeness (QED) is 0.357. The first kappa shape index (κ1) is 20.2. The van der Waals surface area contributed by atoms with Crippen LogP contribution in [-0.4, -0.2) is 45.4 Å². The lowest BCUT2D eigenvalue weighted by Crippen LogP contribution is -2.28. The summed E-state index contributed by atoms with van der Waals surface area (Å²) in [6.45, 7) is 3.28. The van der Waals surface area contributed by atoms with Gasteiger partial charge in [0.25, 0.3) is 0 Å². The molecule has 1 N–H and O–H groups in total. The summed E-state index contributed by atoms with van der Waals surface area (Å²) < 4.78 is 2.04. The van der Waals surface area contributed by atoms with Gasteiger partial charge in [0.15, 0.2) is 16.8 Å². The number of nitrogens with zero attached hydrogens (tertiary/aromatic N) is 6. The van der Waals surface area contributed by atoms with Gasteiger partial charge in [0.05, 0.1) is 6.33 Å². The van der Waals surface area contributed by atoms with Gasteiger partial charge in [-0.3, -0.25) is 0 Å². The van der Waals surface area contributed by atoms with Crippen LogP contribution in [0, 0.1) is 11.3 Å². The zero-order valence-corrected chi connectivity index (χ0v) is 17.9. The molecule has 30 heavy (non-hydrogen) atoms. The van der Waals surface area contributed by atoms with Crippen LogP contribution < -0.4 is 10.2 Å². The van der Waals surface area contributed by atoms with Crippen molar-refractivity contribution in [2.24, 2.45) is 0 Å². The molecule has 0 amide bonds. The number of anilines is 2. The van der Waals surface area contributed by atoms with Gasteiger partial charge in [0.2, 0.25) is 0 Å². The van der Waals surface area contributed by atoms with E-state index in [1.165, 1.54) is 22.9 Å². The van der Waals surface area contributed by atoms with Crippen LogP contribution in [0.15, 0.2) is 48.1 Å². The van der Waals surface area contributed by atoms with Crippen molar-refractivity contribution in [1.29, 1.82) is 5.26 Å². The average molecular weight is 420 g/mol. The molecule has 0 saturated carbocycles. The van der Waals surface area contributed by atoms with Gasteiger partial charge >= 0.3 is 0 Å². The maximum absolute atomic E-state index is 9.93. The first-order valence-corrected chi connectivity index (χ1v) is 11.4. The molecule has 1 aliphatic heterocycles. The molecule has 1 aliphatic rings. The van der Waals surface area contributed by atoms with Crippen molar-refractivity contribution >= 4 is 23.4 Å². The highest BCUT2D eigenvalue weighted by atomic mass is 32.2. The molecular formula is C22H25N7S. The number of fused-ring (bicyclic) bond motifs is 1. The predicted octanol–water partition coefficient (Wildman–Crippen LogP) is 3.37. The molecular weight excluding hydrogens is 394 g/mol. The molecule has 7 nitrogen and oxygen atoms in total. The Morgan fingerprint density at radius 2 is 1.93 bits per heavy atom. The minimum Gasteiger partial charge on any atom is -0.369 e. The van der Waals surface area contributed by atoms with Gasteiger partial charge in [-0.15, -0.1) is 0 Å². The zero-order chi connectivity index (χ0) is 20.8. The number of benzene rings is 1. The highest BCUT2D eigenvalue weighted by molar-refractivity contribution is 7.98. The van der Waals surface area contributed by atoms with Crippen LogP contribution in [0.1, 0.15) is 23.1 Å². The first-order chi connectivity index (χ1) is 14.8. The number of thioether (sulfide) groups is 1. The summed E-state index contributed by atoms with van der Waals surface area (Å²) in [6.07, 6.45) is 10.3. The van der Waals surface area contributed by atoms with E-state index in [0.717, 1.165) is 51.3 Å². The van der Waals surface area contributed by atoms with E-state index in [1.807, 2.05) is 23.3 Å². The van der Waals surface area contributed by atoms with Gasteiger partial charge in [-0.2, -0.15) is 5.26 Å². The number of hydrogen-bond acceptors (Lipinski definition) is 7. The van der Waals surface area contributed by atoms with Crippen LogP contribution in [0.3, 0.4) is 0 Å². The third kappa shape index (κ3) is 4.57. The average Bonchev–Trinajstić information content (AvgIpc) is 3.21. The molecule has 0 spiro atoms. The smallest absolute Gasteiger partial charge is 0.191 e. The van der Waals surface area contributed by atoms with E-state index in [0.29, 0.717) is 16.5 Å². The largest absolute Gasteiger partial charge is 0.369 e. The molecule has 3 aromatic rings. The SMILES string of the molecule is CSc1nc(NCCCn2ccnc2)c(C#N)c(N2CCc3ccccc3CC2)n1. The standard InChI is InChI=1S/C22H25N7S/c1-30-22-26-20(25-9-4-11-28-14-10-24-16-28)19(15-23)21(27-22)29-12-7-17-5-2-3-6-18(17)8-13-29/h2-3,5-6,10,14,16H,4,7-9,11-13H2,1H3,(H,25,26,27). The maximum atomic E-state index is 9.93. The predicted molar refractivity (Wildman–Crippen MR) is 120 cm³/mol. The van der Waals surface area contributed by atoms with Crippen LogP contribution in [0.25, 0.3) is 0 Å². The van der Waals surface area contributed by atoms with Crippen molar-refractivity contribution in [2.75, 3.05) is 36.1 Å². The number of nitrogens with one attached hydrogen (secondary N) is 1. The Kier molecular flexibility index (Phi) is 6.50. The summed E-state index contributed by atoms with van der Waals surface area (Å²) >= 11 is 1.50. The van der Waals surface area contributed by atoms with Gasteiger partial charge in [-0.25, -0.2) is 15.0 Å². The minimum atomic E-state index is 0.529. The van der Waals surface area contributed by atoms with Crippen LogP contribution in [0.2, 0.25) is 0 Å². The van der Waals surface area contributed by atoms with Crippen LogP contribution in [0.4, 0.5) is 11.6 Å². The summed E-state index contributed by atoms with van der Waals surface area (Å²) in [5, 5.41) is 14.0. The van der Waals surface area contributed by atoms with Crippen molar-refractivity contribution in [3.05, 3.63) is 59.7 Å². The minimum absolute atomic E-state index is 0.529.